The predicted molar refractivity (Wildman–Crippen MR) is 134 cm³/mol. The Morgan fingerprint density at radius 3 is 2.26 bits per heavy atom. The predicted octanol–water partition coefficient (Wildman–Crippen LogP) is 7.15. The lowest BCUT2D eigenvalue weighted by atomic mass is 9.99. The van der Waals surface area contributed by atoms with Crippen molar-refractivity contribution >= 4 is 12.0 Å². The lowest BCUT2D eigenvalue weighted by Crippen LogP contribution is -1.98. The van der Waals surface area contributed by atoms with Crippen molar-refractivity contribution in [3.05, 3.63) is 107 Å². The average molecular weight is 450 g/mol. The molecule has 170 valence electrons. The van der Waals surface area contributed by atoms with E-state index in [-0.39, 0.29) is 11.8 Å². The minimum Gasteiger partial charge on any atom is -0.481 e. The third kappa shape index (κ3) is 4.72. The molecule has 1 aliphatic carbocycles. The van der Waals surface area contributed by atoms with Gasteiger partial charge in [-0.05, 0) is 54.4 Å². The van der Waals surface area contributed by atoms with Crippen LogP contribution in [0.15, 0.2) is 89.5 Å². The van der Waals surface area contributed by atoms with Crippen molar-refractivity contribution in [3.8, 4) is 22.5 Å². The fourth-order valence-electron chi connectivity index (χ4n) is 4.45. The highest BCUT2D eigenvalue weighted by Gasteiger charge is 2.43. The van der Waals surface area contributed by atoms with Gasteiger partial charge in [0.1, 0.15) is 0 Å². The first-order chi connectivity index (χ1) is 16.6. The Labute approximate surface area is 199 Å². The molecule has 0 aliphatic heterocycles. The van der Waals surface area contributed by atoms with Crippen LogP contribution >= 0.6 is 0 Å². The summed E-state index contributed by atoms with van der Waals surface area (Å²) >= 11 is 0. The van der Waals surface area contributed by atoms with Gasteiger partial charge in [0.2, 0.25) is 0 Å². The lowest BCUT2D eigenvalue weighted by Gasteiger charge is -2.06. The SMILES string of the molecule is Cc1noc(-c2ccc(-c3ccc(C4CC4C(=O)O)cc3)cc2)c1/C=C/CCc1ccccc1. The van der Waals surface area contributed by atoms with Crippen molar-refractivity contribution in [1.29, 1.82) is 0 Å². The first kappa shape index (κ1) is 21.9. The zero-order valence-corrected chi connectivity index (χ0v) is 19.1. The van der Waals surface area contributed by atoms with E-state index in [4.69, 9.17) is 9.63 Å². The number of aryl methyl sites for hydroxylation is 2. The standard InChI is InChI=1S/C30H27NO3/c1-20-26(10-6-5-9-21-7-3-2-4-8-21)29(34-31-20)25-17-13-23(14-18-25)22-11-15-24(16-12-22)27-19-28(27)30(32)33/h2-4,6-8,10-18,27-28H,5,9,19H2,1H3,(H,32,33)/b10-6+. The highest BCUT2D eigenvalue weighted by Crippen LogP contribution is 2.47. The summed E-state index contributed by atoms with van der Waals surface area (Å²) in [7, 11) is 0. The molecular weight excluding hydrogens is 422 g/mol. The first-order valence-corrected chi connectivity index (χ1v) is 11.7. The summed E-state index contributed by atoms with van der Waals surface area (Å²) in [6, 6.07) is 27.0. The second kappa shape index (κ2) is 9.52. The number of hydrogen-bond acceptors (Lipinski definition) is 3. The van der Waals surface area contributed by atoms with Gasteiger partial charge in [0.05, 0.1) is 11.6 Å². The maximum absolute atomic E-state index is 11.1. The van der Waals surface area contributed by atoms with Crippen LogP contribution in [0.5, 0.6) is 0 Å². The fourth-order valence-corrected chi connectivity index (χ4v) is 4.45. The third-order valence-corrected chi connectivity index (χ3v) is 6.56. The quantitative estimate of drug-likeness (QED) is 0.310. The van der Waals surface area contributed by atoms with E-state index in [1.54, 1.807) is 0 Å². The van der Waals surface area contributed by atoms with E-state index in [1.165, 1.54) is 5.56 Å². The second-order valence-corrected chi connectivity index (χ2v) is 8.92. The Balaban J connectivity index is 1.27. The van der Waals surface area contributed by atoms with Crippen LogP contribution in [0.25, 0.3) is 28.5 Å². The van der Waals surface area contributed by atoms with Crippen LogP contribution in [-0.4, -0.2) is 16.2 Å². The molecule has 0 radical (unpaired) electrons. The number of allylic oxidation sites excluding steroid dienone is 1. The van der Waals surface area contributed by atoms with E-state index >= 15 is 0 Å². The van der Waals surface area contributed by atoms with Crippen LogP contribution in [0.4, 0.5) is 0 Å². The van der Waals surface area contributed by atoms with Crippen LogP contribution < -0.4 is 0 Å². The summed E-state index contributed by atoms with van der Waals surface area (Å²) in [5, 5.41) is 13.3. The molecule has 2 unspecified atom stereocenters. The van der Waals surface area contributed by atoms with Gasteiger partial charge in [0, 0.05) is 11.1 Å². The minimum absolute atomic E-state index is 0.155. The molecule has 4 nitrogen and oxygen atoms in total. The van der Waals surface area contributed by atoms with Crippen LogP contribution in [0, 0.1) is 12.8 Å². The summed E-state index contributed by atoms with van der Waals surface area (Å²) in [4.78, 5) is 11.1. The molecule has 5 rings (SSSR count). The van der Waals surface area contributed by atoms with Crippen molar-refractivity contribution in [1.82, 2.24) is 5.16 Å². The van der Waals surface area contributed by atoms with Crippen LogP contribution in [0.3, 0.4) is 0 Å². The first-order valence-electron chi connectivity index (χ1n) is 11.7. The highest BCUT2D eigenvalue weighted by atomic mass is 16.5. The van der Waals surface area contributed by atoms with Crippen LogP contribution in [0.1, 0.15) is 41.1 Å². The average Bonchev–Trinajstić information content (AvgIpc) is 3.60. The summed E-state index contributed by atoms with van der Waals surface area (Å²) < 4.78 is 5.67. The molecule has 1 N–H and O–H groups in total. The van der Waals surface area contributed by atoms with Gasteiger partial charge in [-0.3, -0.25) is 4.79 Å². The Hall–Kier alpha value is -3.92. The summed E-state index contributed by atoms with van der Waals surface area (Å²) in [6.45, 7) is 1.97. The molecule has 4 aromatic rings. The van der Waals surface area contributed by atoms with Gasteiger partial charge < -0.3 is 9.63 Å². The highest BCUT2D eigenvalue weighted by molar-refractivity contribution is 5.76. The van der Waals surface area contributed by atoms with Crippen LogP contribution in [-0.2, 0) is 11.2 Å². The van der Waals surface area contributed by atoms with E-state index in [1.807, 2.05) is 13.0 Å². The van der Waals surface area contributed by atoms with Gasteiger partial charge in [-0.1, -0.05) is 96.2 Å². The Bertz CT molecular complexity index is 1300. The second-order valence-electron chi connectivity index (χ2n) is 8.92. The fraction of sp³-hybridized carbons (Fsp3) is 0.200. The normalized spacial score (nSPS) is 17.2. The number of aliphatic carboxylic acids is 1. The number of carbonyl (C=O) groups is 1. The molecule has 3 aromatic carbocycles. The van der Waals surface area contributed by atoms with Gasteiger partial charge >= 0.3 is 5.97 Å². The van der Waals surface area contributed by atoms with E-state index in [2.05, 4.69) is 90.1 Å². The molecule has 1 aromatic heterocycles. The molecular formula is C30H27NO3. The van der Waals surface area contributed by atoms with Crippen molar-refractivity contribution in [2.45, 2.75) is 32.1 Å². The molecule has 0 saturated heterocycles. The number of hydrogen-bond donors (Lipinski definition) is 1. The third-order valence-electron chi connectivity index (χ3n) is 6.56. The monoisotopic (exact) mass is 449 g/mol. The maximum atomic E-state index is 11.1. The minimum atomic E-state index is -0.697. The Kier molecular flexibility index (Phi) is 6.13. The Morgan fingerprint density at radius 2 is 1.62 bits per heavy atom. The number of rotatable bonds is 8. The topological polar surface area (TPSA) is 63.3 Å². The molecule has 1 fully saturated rings. The summed E-state index contributed by atoms with van der Waals surface area (Å²) in [5.74, 6) is 0.0152. The van der Waals surface area contributed by atoms with Gasteiger partial charge in [-0.2, -0.15) is 0 Å². The molecule has 1 saturated carbocycles. The molecule has 34 heavy (non-hydrogen) atoms. The zero-order valence-electron chi connectivity index (χ0n) is 19.1. The molecule has 2 atom stereocenters. The zero-order chi connectivity index (χ0) is 23.5. The van der Waals surface area contributed by atoms with Crippen molar-refractivity contribution in [2.75, 3.05) is 0 Å². The van der Waals surface area contributed by atoms with Gasteiger partial charge in [-0.25, -0.2) is 0 Å². The van der Waals surface area contributed by atoms with E-state index in [0.717, 1.165) is 58.5 Å². The molecule has 0 amide bonds. The Morgan fingerprint density at radius 1 is 0.971 bits per heavy atom. The smallest absolute Gasteiger partial charge is 0.307 e. The van der Waals surface area contributed by atoms with Gasteiger partial charge in [-0.15, -0.1) is 0 Å². The lowest BCUT2D eigenvalue weighted by molar-refractivity contribution is -0.138. The van der Waals surface area contributed by atoms with Crippen molar-refractivity contribution in [3.63, 3.8) is 0 Å². The molecule has 1 heterocycles. The van der Waals surface area contributed by atoms with Gasteiger partial charge in [0.25, 0.3) is 0 Å². The maximum Gasteiger partial charge on any atom is 0.307 e. The van der Waals surface area contributed by atoms with Crippen LogP contribution in [0.2, 0.25) is 0 Å². The molecule has 0 spiro atoms. The summed E-state index contributed by atoms with van der Waals surface area (Å²) in [6.07, 6.45) is 6.99. The molecule has 0 bridgehead atoms. The van der Waals surface area contributed by atoms with E-state index in [9.17, 15) is 4.79 Å². The molecule has 1 aliphatic rings. The van der Waals surface area contributed by atoms with E-state index < -0.39 is 5.97 Å². The number of nitrogens with zero attached hydrogens (tertiary/aromatic N) is 1. The number of carboxylic acid groups (broad SMARTS) is 1. The number of aromatic nitrogens is 1. The number of carboxylic acids is 1. The largest absolute Gasteiger partial charge is 0.481 e. The van der Waals surface area contributed by atoms with Gasteiger partial charge in [0.15, 0.2) is 5.76 Å². The summed E-state index contributed by atoms with van der Waals surface area (Å²) in [5.41, 5.74) is 7.54. The van der Waals surface area contributed by atoms with Crippen molar-refractivity contribution in [2.24, 2.45) is 5.92 Å². The van der Waals surface area contributed by atoms with E-state index in [0.29, 0.717) is 0 Å². The molecule has 4 heteroatoms. The van der Waals surface area contributed by atoms with Crippen molar-refractivity contribution < 1.29 is 14.4 Å². The number of benzene rings is 3.